The number of para-hydroxylation sites is 2. The number of nitrogens with zero attached hydrogens (tertiary/aromatic N) is 4. The number of carbonyl (C=O) groups excluding carboxylic acids is 1. The van der Waals surface area contributed by atoms with Gasteiger partial charge in [-0.15, -0.1) is 10.2 Å². The molecule has 0 fully saturated rings. The highest BCUT2D eigenvalue weighted by Crippen LogP contribution is 2.25. The van der Waals surface area contributed by atoms with E-state index >= 15 is 0 Å². The first kappa shape index (κ1) is 18.2. The quantitative estimate of drug-likeness (QED) is 0.507. The molecule has 4 rings (SSSR count). The number of benzene rings is 2. The van der Waals surface area contributed by atoms with Crippen molar-refractivity contribution in [1.29, 1.82) is 0 Å². The number of amides is 1. The summed E-state index contributed by atoms with van der Waals surface area (Å²) in [6.45, 7) is 2.37. The number of aryl methyl sites for hydroxylation is 1. The van der Waals surface area contributed by atoms with E-state index in [-0.39, 0.29) is 11.7 Å². The molecule has 1 N–H and O–H groups in total. The second kappa shape index (κ2) is 7.85. The monoisotopic (exact) mass is 393 g/mol. The van der Waals surface area contributed by atoms with Gasteiger partial charge in [-0.2, -0.15) is 0 Å². The smallest absolute Gasteiger partial charge is 0.230 e. The molecule has 0 aliphatic heterocycles. The third kappa shape index (κ3) is 3.63. The van der Waals surface area contributed by atoms with Crippen LogP contribution in [0.2, 0.25) is 0 Å². The summed E-state index contributed by atoms with van der Waals surface area (Å²) < 4.78 is 7.11. The molecule has 2 heterocycles. The fourth-order valence-corrected chi connectivity index (χ4v) is 3.72. The number of aromatic nitrogens is 4. The highest BCUT2D eigenvalue weighted by molar-refractivity contribution is 8.00. The van der Waals surface area contributed by atoms with Crippen molar-refractivity contribution < 1.29 is 9.53 Å². The Morgan fingerprint density at radius 2 is 1.93 bits per heavy atom. The first-order valence-corrected chi connectivity index (χ1v) is 9.77. The molecule has 0 aliphatic rings. The molecule has 0 saturated heterocycles. The van der Waals surface area contributed by atoms with Crippen LogP contribution in [-0.4, -0.2) is 38.4 Å². The van der Waals surface area contributed by atoms with Crippen molar-refractivity contribution in [3.63, 3.8) is 0 Å². The first-order valence-electron chi connectivity index (χ1n) is 8.78. The van der Waals surface area contributed by atoms with Crippen molar-refractivity contribution in [3.05, 3.63) is 59.9 Å². The summed E-state index contributed by atoms with van der Waals surface area (Å²) in [5.74, 6) is 1.77. The van der Waals surface area contributed by atoms with Gasteiger partial charge in [0.15, 0.2) is 5.65 Å². The molecular weight excluding hydrogens is 374 g/mol. The molecular formula is C20H19N5O2S. The van der Waals surface area contributed by atoms with Gasteiger partial charge in [-0.25, -0.2) is 4.98 Å². The number of thioether (sulfide) groups is 1. The molecule has 2 aromatic heterocycles. The molecule has 0 radical (unpaired) electrons. The summed E-state index contributed by atoms with van der Waals surface area (Å²) in [5.41, 5.74) is 3.48. The lowest BCUT2D eigenvalue weighted by Crippen LogP contribution is -2.24. The summed E-state index contributed by atoms with van der Waals surface area (Å²) in [4.78, 5) is 17.0. The third-order valence-corrected chi connectivity index (χ3v) is 5.30. The molecule has 7 nitrogen and oxygen atoms in total. The molecule has 0 spiro atoms. The van der Waals surface area contributed by atoms with Crippen molar-refractivity contribution in [2.45, 2.75) is 18.5 Å². The average molecular weight is 393 g/mol. The summed E-state index contributed by atoms with van der Waals surface area (Å²) in [6.07, 6.45) is 0. The van der Waals surface area contributed by atoms with E-state index in [9.17, 15) is 4.79 Å². The summed E-state index contributed by atoms with van der Waals surface area (Å²) >= 11 is 1.36. The Labute approximate surface area is 166 Å². The summed E-state index contributed by atoms with van der Waals surface area (Å²) in [5, 5.41) is 12.0. The zero-order valence-corrected chi connectivity index (χ0v) is 16.4. The molecule has 142 valence electrons. The van der Waals surface area contributed by atoms with Crippen LogP contribution >= 0.6 is 11.8 Å². The van der Waals surface area contributed by atoms with E-state index in [1.165, 1.54) is 11.8 Å². The van der Waals surface area contributed by atoms with Crippen molar-refractivity contribution >= 4 is 34.3 Å². The van der Waals surface area contributed by atoms with E-state index in [0.29, 0.717) is 17.2 Å². The standard InChI is InChI=1S/C20H19N5O2S/c1-13-23-24-19-20(22-16-5-3-4-6-17(16)25(13)19)28-12-18(26)21-11-14-7-9-15(27-2)10-8-14/h3-10H,11-12H2,1-2H3,(H,21,26). The molecule has 0 unspecified atom stereocenters. The van der Waals surface area contributed by atoms with Gasteiger partial charge in [-0.05, 0) is 36.8 Å². The molecule has 0 aliphatic carbocycles. The van der Waals surface area contributed by atoms with Gasteiger partial charge in [-0.3, -0.25) is 9.20 Å². The fourth-order valence-electron chi connectivity index (χ4n) is 2.92. The minimum atomic E-state index is -0.0647. The molecule has 8 heteroatoms. The highest BCUT2D eigenvalue weighted by atomic mass is 32.2. The van der Waals surface area contributed by atoms with Crippen LogP contribution in [0.1, 0.15) is 11.4 Å². The van der Waals surface area contributed by atoms with E-state index in [4.69, 9.17) is 4.74 Å². The van der Waals surface area contributed by atoms with Gasteiger partial charge in [0.05, 0.1) is 23.9 Å². The van der Waals surface area contributed by atoms with Crippen LogP contribution < -0.4 is 10.1 Å². The van der Waals surface area contributed by atoms with E-state index in [1.54, 1.807) is 7.11 Å². The normalized spacial score (nSPS) is 11.1. The zero-order valence-electron chi connectivity index (χ0n) is 15.5. The Hall–Kier alpha value is -3.13. The van der Waals surface area contributed by atoms with Crippen molar-refractivity contribution in [2.75, 3.05) is 12.9 Å². The number of fused-ring (bicyclic) bond motifs is 3. The Morgan fingerprint density at radius 3 is 2.71 bits per heavy atom. The van der Waals surface area contributed by atoms with Crippen LogP contribution in [0.15, 0.2) is 53.6 Å². The van der Waals surface area contributed by atoms with Gasteiger partial charge in [0, 0.05) is 6.54 Å². The van der Waals surface area contributed by atoms with Crippen molar-refractivity contribution in [1.82, 2.24) is 24.9 Å². The Kier molecular flexibility index (Phi) is 5.12. The number of hydrogen-bond acceptors (Lipinski definition) is 6. The summed E-state index contributed by atoms with van der Waals surface area (Å²) in [6, 6.07) is 15.4. The van der Waals surface area contributed by atoms with Crippen LogP contribution in [0.25, 0.3) is 16.7 Å². The molecule has 28 heavy (non-hydrogen) atoms. The predicted molar refractivity (Wildman–Crippen MR) is 109 cm³/mol. The van der Waals surface area contributed by atoms with Gasteiger partial charge in [-0.1, -0.05) is 36.0 Å². The minimum absolute atomic E-state index is 0.0647. The molecule has 2 aromatic carbocycles. The van der Waals surface area contributed by atoms with Gasteiger partial charge < -0.3 is 10.1 Å². The Balaban J connectivity index is 1.46. The number of nitrogens with one attached hydrogen (secondary N) is 1. The number of methoxy groups -OCH3 is 1. The lowest BCUT2D eigenvalue weighted by Gasteiger charge is -2.08. The van der Waals surface area contributed by atoms with Gasteiger partial charge in [0.1, 0.15) is 16.6 Å². The lowest BCUT2D eigenvalue weighted by atomic mass is 10.2. The van der Waals surface area contributed by atoms with Crippen LogP contribution in [0.5, 0.6) is 5.75 Å². The second-order valence-corrected chi connectivity index (χ2v) is 7.19. The van der Waals surface area contributed by atoms with Crippen LogP contribution in [-0.2, 0) is 11.3 Å². The Morgan fingerprint density at radius 1 is 1.14 bits per heavy atom. The van der Waals surface area contributed by atoms with E-state index < -0.39 is 0 Å². The number of carbonyl (C=O) groups is 1. The third-order valence-electron chi connectivity index (χ3n) is 4.35. The zero-order chi connectivity index (χ0) is 19.5. The van der Waals surface area contributed by atoms with E-state index in [0.717, 1.165) is 28.2 Å². The lowest BCUT2D eigenvalue weighted by molar-refractivity contribution is -0.118. The molecule has 0 saturated carbocycles. The molecule has 1 amide bonds. The number of ether oxygens (including phenoxy) is 1. The van der Waals surface area contributed by atoms with Gasteiger partial charge in [0.25, 0.3) is 0 Å². The Bertz CT molecular complexity index is 1140. The van der Waals surface area contributed by atoms with Gasteiger partial charge >= 0.3 is 0 Å². The molecule has 4 aromatic rings. The number of hydrogen-bond donors (Lipinski definition) is 1. The maximum absolute atomic E-state index is 12.3. The first-order chi connectivity index (χ1) is 13.7. The maximum atomic E-state index is 12.3. The largest absolute Gasteiger partial charge is 0.497 e. The molecule has 0 atom stereocenters. The summed E-state index contributed by atoms with van der Waals surface area (Å²) in [7, 11) is 1.63. The van der Waals surface area contributed by atoms with Crippen LogP contribution in [0.4, 0.5) is 0 Å². The fraction of sp³-hybridized carbons (Fsp3) is 0.200. The highest BCUT2D eigenvalue weighted by Gasteiger charge is 2.14. The van der Waals surface area contributed by atoms with Crippen molar-refractivity contribution in [2.24, 2.45) is 0 Å². The topological polar surface area (TPSA) is 81.4 Å². The maximum Gasteiger partial charge on any atom is 0.230 e. The van der Waals surface area contributed by atoms with Crippen LogP contribution in [0.3, 0.4) is 0 Å². The SMILES string of the molecule is COc1ccc(CNC(=O)CSc2nc3ccccc3n3c(C)nnc23)cc1. The minimum Gasteiger partial charge on any atom is -0.497 e. The average Bonchev–Trinajstić information content (AvgIpc) is 3.13. The number of rotatable bonds is 6. The predicted octanol–water partition coefficient (Wildman–Crippen LogP) is 3.00. The van der Waals surface area contributed by atoms with Crippen molar-refractivity contribution in [3.8, 4) is 5.75 Å². The second-order valence-electron chi connectivity index (χ2n) is 6.23. The van der Waals surface area contributed by atoms with E-state index in [2.05, 4.69) is 20.5 Å². The van der Waals surface area contributed by atoms with Gasteiger partial charge in [0.2, 0.25) is 5.91 Å². The van der Waals surface area contributed by atoms with E-state index in [1.807, 2.05) is 59.9 Å². The molecule has 0 bridgehead atoms. The van der Waals surface area contributed by atoms with Crippen LogP contribution in [0, 0.1) is 6.92 Å².